The lowest BCUT2D eigenvalue weighted by molar-refractivity contribution is 0.146. The van der Waals surface area contributed by atoms with E-state index in [1.807, 2.05) is 24.3 Å². The molecule has 0 aliphatic rings. The van der Waals surface area contributed by atoms with Gasteiger partial charge in [-0.3, -0.25) is 0 Å². The third-order valence-electron chi connectivity index (χ3n) is 2.47. The van der Waals surface area contributed by atoms with Gasteiger partial charge in [-0.1, -0.05) is 12.1 Å². The van der Waals surface area contributed by atoms with E-state index in [1.165, 1.54) is 0 Å². The van der Waals surface area contributed by atoms with Gasteiger partial charge in [0.15, 0.2) is 0 Å². The molecule has 2 rings (SSSR count). The van der Waals surface area contributed by atoms with Crippen molar-refractivity contribution in [3.05, 3.63) is 30.3 Å². The van der Waals surface area contributed by atoms with Crippen LogP contribution in [0, 0.1) is 0 Å². The molecule has 0 aliphatic carbocycles. The molecule has 0 saturated carbocycles. The van der Waals surface area contributed by atoms with Crippen LogP contribution in [-0.2, 0) is 4.74 Å². The standard InChI is InChI=1S/C13H16N4O2/c1-18-6-7-19-11-5-3-2-4-9(11)10-8-12(14)17-13(15)16-10/h2-5,8H,6-7H2,1H3,(H4,14,15,16,17). The molecule has 6 nitrogen and oxygen atoms in total. The molecule has 100 valence electrons. The maximum absolute atomic E-state index is 5.68. The molecule has 0 saturated heterocycles. The number of nitrogen functional groups attached to an aromatic ring is 2. The van der Waals surface area contributed by atoms with Crippen LogP contribution in [0.5, 0.6) is 5.75 Å². The number of rotatable bonds is 5. The van der Waals surface area contributed by atoms with E-state index in [9.17, 15) is 0 Å². The lowest BCUT2D eigenvalue weighted by Gasteiger charge is -2.11. The number of hydrogen-bond donors (Lipinski definition) is 2. The van der Waals surface area contributed by atoms with Crippen LogP contribution in [-0.4, -0.2) is 30.3 Å². The van der Waals surface area contributed by atoms with Crippen molar-refractivity contribution in [3.8, 4) is 17.0 Å². The molecule has 0 radical (unpaired) electrons. The van der Waals surface area contributed by atoms with E-state index in [1.54, 1.807) is 13.2 Å². The highest BCUT2D eigenvalue weighted by Gasteiger charge is 2.09. The Bertz CT molecular complexity index is 540. The number of para-hydroxylation sites is 1. The largest absolute Gasteiger partial charge is 0.490 e. The zero-order valence-electron chi connectivity index (χ0n) is 10.7. The molecule has 1 aromatic heterocycles. The summed E-state index contributed by atoms with van der Waals surface area (Å²) in [5, 5.41) is 0. The predicted octanol–water partition coefficient (Wildman–Crippen LogP) is 1.33. The van der Waals surface area contributed by atoms with Gasteiger partial charge >= 0.3 is 0 Å². The first-order valence-corrected chi connectivity index (χ1v) is 5.82. The van der Waals surface area contributed by atoms with Crippen LogP contribution in [0.4, 0.5) is 11.8 Å². The molecule has 0 fully saturated rings. The van der Waals surface area contributed by atoms with Crippen molar-refractivity contribution in [2.75, 3.05) is 31.8 Å². The molecule has 0 amide bonds. The van der Waals surface area contributed by atoms with Crippen LogP contribution in [0.15, 0.2) is 30.3 Å². The van der Waals surface area contributed by atoms with Crippen molar-refractivity contribution in [1.82, 2.24) is 9.97 Å². The fourth-order valence-corrected chi connectivity index (χ4v) is 1.66. The summed E-state index contributed by atoms with van der Waals surface area (Å²) in [6.07, 6.45) is 0. The number of benzene rings is 1. The third kappa shape index (κ3) is 3.32. The van der Waals surface area contributed by atoms with Gasteiger partial charge in [-0.2, -0.15) is 4.98 Å². The van der Waals surface area contributed by atoms with Crippen molar-refractivity contribution in [3.63, 3.8) is 0 Å². The zero-order valence-corrected chi connectivity index (χ0v) is 10.7. The van der Waals surface area contributed by atoms with Gasteiger partial charge in [0.05, 0.1) is 12.3 Å². The van der Waals surface area contributed by atoms with Crippen LogP contribution < -0.4 is 16.2 Å². The lowest BCUT2D eigenvalue weighted by atomic mass is 10.1. The first kappa shape index (κ1) is 13.1. The van der Waals surface area contributed by atoms with Gasteiger partial charge in [-0.25, -0.2) is 4.98 Å². The molecule has 0 aliphatic heterocycles. The fourth-order valence-electron chi connectivity index (χ4n) is 1.66. The monoisotopic (exact) mass is 260 g/mol. The molecule has 6 heteroatoms. The van der Waals surface area contributed by atoms with Crippen LogP contribution >= 0.6 is 0 Å². The molecule has 0 spiro atoms. The second kappa shape index (κ2) is 6.01. The highest BCUT2D eigenvalue weighted by Crippen LogP contribution is 2.29. The quantitative estimate of drug-likeness (QED) is 0.787. The number of nitrogens with two attached hydrogens (primary N) is 2. The molecule has 2 aromatic rings. The average Bonchev–Trinajstić information content (AvgIpc) is 2.38. The SMILES string of the molecule is COCCOc1ccccc1-c1cc(N)nc(N)n1. The Kier molecular flexibility index (Phi) is 4.15. The Labute approximate surface area is 111 Å². The molecule has 1 heterocycles. The van der Waals surface area contributed by atoms with Gasteiger partial charge in [-0.15, -0.1) is 0 Å². The van der Waals surface area contributed by atoms with E-state index >= 15 is 0 Å². The van der Waals surface area contributed by atoms with Crippen molar-refractivity contribution < 1.29 is 9.47 Å². The third-order valence-corrected chi connectivity index (χ3v) is 2.47. The summed E-state index contributed by atoms with van der Waals surface area (Å²) < 4.78 is 10.6. The Balaban J connectivity index is 2.32. The predicted molar refractivity (Wildman–Crippen MR) is 73.7 cm³/mol. The average molecular weight is 260 g/mol. The Morgan fingerprint density at radius 2 is 1.89 bits per heavy atom. The Morgan fingerprint density at radius 3 is 2.63 bits per heavy atom. The van der Waals surface area contributed by atoms with Crippen LogP contribution in [0.3, 0.4) is 0 Å². The van der Waals surface area contributed by atoms with Gasteiger partial charge in [0.1, 0.15) is 18.2 Å². The van der Waals surface area contributed by atoms with E-state index in [0.29, 0.717) is 30.5 Å². The Morgan fingerprint density at radius 1 is 1.11 bits per heavy atom. The van der Waals surface area contributed by atoms with E-state index in [-0.39, 0.29) is 5.95 Å². The minimum atomic E-state index is 0.140. The van der Waals surface area contributed by atoms with Crippen LogP contribution in [0.1, 0.15) is 0 Å². The van der Waals surface area contributed by atoms with Crippen LogP contribution in [0.25, 0.3) is 11.3 Å². The normalized spacial score (nSPS) is 10.4. The van der Waals surface area contributed by atoms with Crippen LogP contribution in [0.2, 0.25) is 0 Å². The van der Waals surface area contributed by atoms with E-state index in [2.05, 4.69) is 9.97 Å². The minimum absolute atomic E-state index is 0.140. The topological polar surface area (TPSA) is 96.3 Å². The van der Waals surface area contributed by atoms with Gasteiger partial charge in [0.25, 0.3) is 0 Å². The molecule has 1 aromatic carbocycles. The number of ether oxygens (including phenoxy) is 2. The van der Waals surface area contributed by atoms with Gasteiger partial charge < -0.3 is 20.9 Å². The molecular formula is C13H16N4O2. The summed E-state index contributed by atoms with van der Waals surface area (Å²) in [4.78, 5) is 8.02. The number of nitrogens with zero attached hydrogens (tertiary/aromatic N) is 2. The molecule has 0 atom stereocenters. The summed E-state index contributed by atoms with van der Waals surface area (Å²) in [6.45, 7) is 0.978. The number of anilines is 2. The molecule has 19 heavy (non-hydrogen) atoms. The molecule has 4 N–H and O–H groups in total. The van der Waals surface area contributed by atoms with Crippen molar-refractivity contribution in [1.29, 1.82) is 0 Å². The summed E-state index contributed by atoms with van der Waals surface area (Å²) in [5.74, 6) is 1.17. The second-order valence-electron chi connectivity index (χ2n) is 3.87. The maximum Gasteiger partial charge on any atom is 0.222 e. The number of hydrogen-bond acceptors (Lipinski definition) is 6. The van der Waals surface area contributed by atoms with E-state index < -0.39 is 0 Å². The van der Waals surface area contributed by atoms with Gasteiger partial charge in [-0.05, 0) is 12.1 Å². The maximum atomic E-state index is 5.68. The van der Waals surface area contributed by atoms with E-state index in [0.717, 1.165) is 5.56 Å². The fraction of sp³-hybridized carbons (Fsp3) is 0.231. The van der Waals surface area contributed by atoms with Crippen molar-refractivity contribution in [2.45, 2.75) is 0 Å². The van der Waals surface area contributed by atoms with E-state index in [4.69, 9.17) is 20.9 Å². The summed E-state index contributed by atoms with van der Waals surface area (Å²) in [5.41, 5.74) is 12.7. The Hall–Kier alpha value is -2.34. The zero-order chi connectivity index (χ0) is 13.7. The minimum Gasteiger partial charge on any atom is -0.490 e. The number of methoxy groups -OCH3 is 1. The first-order valence-electron chi connectivity index (χ1n) is 5.82. The smallest absolute Gasteiger partial charge is 0.222 e. The summed E-state index contributed by atoms with van der Waals surface area (Å²) >= 11 is 0. The van der Waals surface area contributed by atoms with Crippen molar-refractivity contribution >= 4 is 11.8 Å². The lowest BCUT2D eigenvalue weighted by Crippen LogP contribution is -2.06. The number of aromatic nitrogens is 2. The second-order valence-corrected chi connectivity index (χ2v) is 3.87. The van der Waals surface area contributed by atoms with Gasteiger partial charge in [0.2, 0.25) is 5.95 Å². The molecule has 0 unspecified atom stereocenters. The first-order chi connectivity index (χ1) is 9.20. The molecular weight excluding hydrogens is 244 g/mol. The van der Waals surface area contributed by atoms with Crippen molar-refractivity contribution in [2.24, 2.45) is 0 Å². The van der Waals surface area contributed by atoms with Gasteiger partial charge in [0, 0.05) is 18.7 Å². The molecule has 0 bridgehead atoms. The highest BCUT2D eigenvalue weighted by atomic mass is 16.5. The summed E-state index contributed by atoms with van der Waals surface area (Å²) in [7, 11) is 1.63. The highest BCUT2D eigenvalue weighted by molar-refractivity contribution is 5.69. The summed E-state index contributed by atoms with van der Waals surface area (Å²) in [6, 6.07) is 9.20.